The molecule has 1 amide bonds. The van der Waals surface area contributed by atoms with E-state index in [4.69, 9.17) is 4.74 Å². The molecule has 0 unspecified atom stereocenters. The lowest BCUT2D eigenvalue weighted by atomic mass is 10.2. The number of hydrogen-bond donors (Lipinski definition) is 1. The minimum atomic E-state index is -0.468. The highest BCUT2D eigenvalue weighted by Gasteiger charge is 2.14. The van der Waals surface area contributed by atoms with E-state index in [-0.39, 0.29) is 17.3 Å². The number of hydrogen-bond acceptors (Lipinski definition) is 5. The van der Waals surface area contributed by atoms with Gasteiger partial charge in [0.2, 0.25) is 5.91 Å². The van der Waals surface area contributed by atoms with Gasteiger partial charge < -0.3 is 14.6 Å². The second-order valence-electron chi connectivity index (χ2n) is 5.41. The molecule has 0 aliphatic carbocycles. The van der Waals surface area contributed by atoms with Gasteiger partial charge in [-0.25, -0.2) is 4.39 Å². The highest BCUT2D eigenvalue weighted by atomic mass is 32.2. The number of amides is 1. The van der Waals surface area contributed by atoms with Crippen molar-refractivity contribution < 1.29 is 13.9 Å². The molecule has 8 heteroatoms. The molecule has 0 atom stereocenters. The van der Waals surface area contributed by atoms with Crippen LogP contribution in [-0.2, 0) is 11.8 Å². The van der Waals surface area contributed by atoms with Crippen LogP contribution in [0.1, 0.15) is 0 Å². The molecule has 0 saturated heterocycles. The van der Waals surface area contributed by atoms with E-state index in [2.05, 4.69) is 15.5 Å². The SMILES string of the molecule is COc1cccc(-c2nnc(SCC(=O)Nc3ccccc3F)n2C)c1. The van der Waals surface area contributed by atoms with Gasteiger partial charge in [0.25, 0.3) is 0 Å². The largest absolute Gasteiger partial charge is 0.497 e. The lowest BCUT2D eigenvalue weighted by Crippen LogP contribution is -2.15. The minimum Gasteiger partial charge on any atom is -0.497 e. The van der Waals surface area contributed by atoms with E-state index in [0.29, 0.717) is 11.0 Å². The van der Waals surface area contributed by atoms with Crippen LogP contribution in [0.3, 0.4) is 0 Å². The minimum absolute atomic E-state index is 0.0957. The zero-order valence-electron chi connectivity index (χ0n) is 14.3. The van der Waals surface area contributed by atoms with Gasteiger partial charge in [-0.2, -0.15) is 0 Å². The summed E-state index contributed by atoms with van der Waals surface area (Å²) >= 11 is 1.23. The number of halogens is 1. The maximum Gasteiger partial charge on any atom is 0.234 e. The smallest absolute Gasteiger partial charge is 0.234 e. The second-order valence-corrected chi connectivity index (χ2v) is 6.36. The lowest BCUT2D eigenvalue weighted by Gasteiger charge is -2.07. The Balaban J connectivity index is 1.67. The average molecular weight is 372 g/mol. The van der Waals surface area contributed by atoms with Gasteiger partial charge >= 0.3 is 0 Å². The van der Waals surface area contributed by atoms with Crippen LogP contribution in [0.4, 0.5) is 10.1 Å². The summed E-state index contributed by atoms with van der Waals surface area (Å²) in [6.07, 6.45) is 0. The molecule has 0 radical (unpaired) electrons. The van der Waals surface area contributed by atoms with Crippen LogP contribution in [0.5, 0.6) is 5.75 Å². The van der Waals surface area contributed by atoms with Gasteiger partial charge in [-0.15, -0.1) is 10.2 Å². The number of rotatable bonds is 6. The Morgan fingerprint density at radius 1 is 1.23 bits per heavy atom. The monoisotopic (exact) mass is 372 g/mol. The van der Waals surface area contributed by atoms with Crippen LogP contribution in [0, 0.1) is 5.82 Å². The fraction of sp³-hybridized carbons (Fsp3) is 0.167. The van der Waals surface area contributed by atoms with E-state index >= 15 is 0 Å². The van der Waals surface area contributed by atoms with Crippen LogP contribution >= 0.6 is 11.8 Å². The van der Waals surface area contributed by atoms with Crippen molar-refractivity contribution in [1.82, 2.24) is 14.8 Å². The second kappa shape index (κ2) is 8.01. The first-order valence-electron chi connectivity index (χ1n) is 7.79. The van der Waals surface area contributed by atoms with Crippen molar-refractivity contribution in [1.29, 1.82) is 0 Å². The van der Waals surface area contributed by atoms with Gasteiger partial charge in [0.05, 0.1) is 18.6 Å². The lowest BCUT2D eigenvalue weighted by molar-refractivity contribution is -0.113. The summed E-state index contributed by atoms with van der Waals surface area (Å²) in [7, 11) is 3.43. The number of thioether (sulfide) groups is 1. The predicted octanol–water partition coefficient (Wildman–Crippen LogP) is 3.36. The third kappa shape index (κ3) is 4.02. The van der Waals surface area contributed by atoms with E-state index in [0.717, 1.165) is 11.3 Å². The van der Waals surface area contributed by atoms with Crippen molar-refractivity contribution in [3.05, 3.63) is 54.3 Å². The molecule has 3 aromatic rings. The van der Waals surface area contributed by atoms with Crippen molar-refractivity contribution in [3.8, 4) is 17.1 Å². The Hall–Kier alpha value is -2.87. The van der Waals surface area contributed by atoms with E-state index in [1.165, 1.54) is 23.9 Å². The Kier molecular flexibility index (Phi) is 5.52. The van der Waals surface area contributed by atoms with Crippen LogP contribution < -0.4 is 10.1 Å². The van der Waals surface area contributed by atoms with Crippen molar-refractivity contribution >= 4 is 23.4 Å². The molecule has 0 bridgehead atoms. The number of nitrogens with one attached hydrogen (secondary N) is 1. The zero-order chi connectivity index (χ0) is 18.5. The molecule has 1 heterocycles. The van der Waals surface area contributed by atoms with Crippen LogP contribution in [0.25, 0.3) is 11.4 Å². The number of aromatic nitrogens is 3. The molecule has 0 saturated carbocycles. The maximum absolute atomic E-state index is 13.6. The Morgan fingerprint density at radius 2 is 2.04 bits per heavy atom. The molecular formula is C18H17FN4O2S. The van der Waals surface area contributed by atoms with Gasteiger partial charge in [-0.1, -0.05) is 36.0 Å². The Morgan fingerprint density at radius 3 is 2.81 bits per heavy atom. The standard InChI is InChI=1S/C18H17FN4O2S/c1-23-17(12-6-5-7-13(10-12)25-2)21-22-18(23)26-11-16(24)20-15-9-4-3-8-14(15)19/h3-10H,11H2,1-2H3,(H,20,24). The van der Waals surface area contributed by atoms with Gasteiger partial charge in [0, 0.05) is 12.6 Å². The summed E-state index contributed by atoms with van der Waals surface area (Å²) in [6.45, 7) is 0. The number of nitrogens with zero attached hydrogens (tertiary/aromatic N) is 3. The molecule has 26 heavy (non-hydrogen) atoms. The molecule has 134 valence electrons. The molecule has 1 N–H and O–H groups in total. The highest BCUT2D eigenvalue weighted by Crippen LogP contribution is 2.25. The molecule has 6 nitrogen and oxygen atoms in total. The fourth-order valence-electron chi connectivity index (χ4n) is 2.33. The summed E-state index contributed by atoms with van der Waals surface area (Å²) in [5, 5.41) is 11.4. The van der Waals surface area contributed by atoms with E-state index in [1.54, 1.807) is 23.8 Å². The fourth-order valence-corrected chi connectivity index (χ4v) is 3.04. The Bertz CT molecular complexity index is 929. The first-order chi connectivity index (χ1) is 12.6. The number of carbonyl (C=O) groups excluding carboxylic acids is 1. The molecule has 0 spiro atoms. The molecular weight excluding hydrogens is 355 g/mol. The maximum atomic E-state index is 13.6. The number of anilines is 1. The van der Waals surface area contributed by atoms with Crippen molar-refractivity contribution in [3.63, 3.8) is 0 Å². The first kappa shape index (κ1) is 17.9. The normalized spacial score (nSPS) is 10.6. The molecule has 0 fully saturated rings. The molecule has 0 aliphatic heterocycles. The van der Waals surface area contributed by atoms with Crippen molar-refractivity contribution in [2.24, 2.45) is 7.05 Å². The van der Waals surface area contributed by atoms with E-state index in [9.17, 15) is 9.18 Å². The summed E-state index contributed by atoms with van der Waals surface area (Å²) in [4.78, 5) is 12.0. The first-order valence-corrected chi connectivity index (χ1v) is 8.78. The molecule has 3 rings (SSSR count). The van der Waals surface area contributed by atoms with Crippen molar-refractivity contribution in [2.45, 2.75) is 5.16 Å². The summed E-state index contributed by atoms with van der Waals surface area (Å²) < 4.78 is 20.6. The number of carbonyl (C=O) groups is 1. The highest BCUT2D eigenvalue weighted by molar-refractivity contribution is 7.99. The molecule has 1 aromatic heterocycles. The number of methoxy groups -OCH3 is 1. The number of ether oxygens (including phenoxy) is 1. The zero-order valence-corrected chi connectivity index (χ0v) is 15.1. The van der Waals surface area contributed by atoms with Crippen LogP contribution in [0.15, 0.2) is 53.7 Å². The van der Waals surface area contributed by atoms with Gasteiger partial charge in [-0.05, 0) is 24.3 Å². The number of para-hydroxylation sites is 1. The molecule has 2 aromatic carbocycles. The van der Waals surface area contributed by atoms with Gasteiger partial charge in [-0.3, -0.25) is 4.79 Å². The van der Waals surface area contributed by atoms with Crippen LogP contribution in [0.2, 0.25) is 0 Å². The quantitative estimate of drug-likeness (QED) is 0.672. The summed E-state index contributed by atoms with van der Waals surface area (Å²) in [5.74, 6) is 0.707. The number of benzene rings is 2. The third-order valence-corrected chi connectivity index (χ3v) is 4.66. The Labute approximate surface area is 154 Å². The van der Waals surface area contributed by atoms with E-state index in [1.807, 2.05) is 31.3 Å². The van der Waals surface area contributed by atoms with Gasteiger partial charge in [0.15, 0.2) is 11.0 Å². The van der Waals surface area contributed by atoms with Gasteiger partial charge in [0.1, 0.15) is 11.6 Å². The van der Waals surface area contributed by atoms with Crippen molar-refractivity contribution in [2.75, 3.05) is 18.2 Å². The average Bonchev–Trinajstić information content (AvgIpc) is 3.02. The summed E-state index contributed by atoms with van der Waals surface area (Å²) in [6, 6.07) is 13.5. The third-order valence-electron chi connectivity index (χ3n) is 3.64. The van der Waals surface area contributed by atoms with E-state index < -0.39 is 5.82 Å². The van der Waals surface area contributed by atoms with Crippen LogP contribution in [-0.4, -0.2) is 33.5 Å². The topological polar surface area (TPSA) is 69.0 Å². The molecule has 0 aliphatic rings. The predicted molar refractivity (Wildman–Crippen MR) is 98.7 cm³/mol. The summed E-state index contributed by atoms with van der Waals surface area (Å²) in [5.41, 5.74) is 1.02.